The van der Waals surface area contributed by atoms with Gasteiger partial charge in [0.05, 0.1) is 5.69 Å². The highest BCUT2D eigenvalue weighted by Crippen LogP contribution is 2.27. The molecule has 1 aliphatic rings. The van der Waals surface area contributed by atoms with Crippen molar-refractivity contribution in [1.82, 2.24) is 10.3 Å². The topological polar surface area (TPSA) is 34.1 Å². The van der Waals surface area contributed by atoms with Crippen LogP contribution in [0, 0.1) is 20.8 Å². The summed E-state index contributed by atoms with van der Waals surface area (Å²) < 4.78 is 6.08. The number of rotatable bonds is 6. The number of hydrogen-bond acceptors (Lipinski definition) is 4. The summed E-state index contributed by atoms with van der Waals surface area (Å²) in [6.45, 7) is 7.70. The van der Waals surface area contributed by atoms with Crippen molar-refractivity contribution in [1.29, 1.82) is 0 Å². The van der Waals surface area contributed by atoms with E-state index in [4.69, 9.17) is 4.74 Å². The Bertz CT molecular complexity index is 612. The minimum atomic E-state index is 0.556. The third-order valence-electron chi connectivity index (χ3n) is 3.86. The highest BCUT2D eigenvalue weighted by molar-refractivity contribution is 7.11. The molecule has 0 saturated heterocycles. The van der Waals surface area contributed by atoms with Crippen molar-refractivity contribution >= 4 is 11.3 Å². The van der Waals surface area contributed by atoms with Gasteiger partial charge in [0.2, 0.25) is 0 Å². The summed E-state index contributed by atoms with van der Waals surface area (Å²) in [5.74, 6) is 1.01. The molecular formula is C17H22N2OS. The normalized spacial score (nSPS) is 14.4. The molecule has 1 saturated carbocycles. The molecule has 0 atom stereocenters. The average Bonchev–Trinajstić information content (AvgIpc) is 3.22. The van der Waals surface area contributed by atoms with E-state index in [1.165, 1.54) is 28.8 Å². The number of aryl methyl sites for hydroxylation is 3. The molecule has 2 aromatic rings. The van der Waals surface area contributed by atoms with Crippen LogP contribution in [0.3, 0.4) is 0 Å². The molecule has 21 heavy (non-hydrogen) atoms. The van der Waals surface area contributed by atoms with Crippen LogP contribution in [0.25, 0.3) is 0 Å². The summed E-state index contributed by atoms with van der Waals surface area (Å²) in [6.07, 6.45) is 2.61. The van der Waals surface area contributed by atoms with Crippen LogP contribution in [0.2, 0.25) is 0 Å². The standard InChI is InChI=1S/C17H22N2OS/c1-11-5-4-6-14(9-18-15-7-8-15)17(11)20-10-16-19-12(2)13(3)21-16/h4-6,15,18H,7-10H2,1-3H3. The third-order valence-corrected chi connectivity index (χ3v) is 4.91. The molecule has 0 spiro atoms. The first-order valence-electron chi connectivity index (χ1n) is 7.51. The first-order chi connectivity index (χ1) is 10.1. The molecule has 0 bridgehead atoms. The van der Waals surface area contributed by atoms with E-state index >= 15 is 0 Å². The zero-order chi connectivity index (χ0) is 14.8. The number of hydrogen-bond donors (Lipinski definition) is 1. The van der Waals surface area contributed by atoms with Crippen molar-refractivity contribution in [2.75, 3.05) is 0 Å². The SMILES string of the molecule is Cc1cccc(CNC2CC2)c1OCc1nc(C)c(C)s1. The molecule has 0 aliphatic heterocycles. The molecule has 1 fully saturated rings. The maximum absolute atomic E-state index is 6.08. The van der Waals surface area contributed by atoms with Gasteiger partial charge in [0.15, 0.2) is 0 Å². The fourth-order valence-corrected chi connectivity index (χ4v) is 3.18. The average molecular weight is 302 g/mol. The van der Waals surface area contributed by atoms with Crippen LogP contribution < -0.4 is 10.1 Å². The van der Waals surface area contributed by atoms with Crippen molar-refractivity contribution in [2.24, 2.45) is 0 Å². The van der Waals surface area contributed by atoms with Crippen molar-refractivity contribution in [3.8, 4) is 5.75 Å². The molecule has 1 aromatic heterocycles. The second kappa shape index (κ2) is 6.16. The molecule has 1 aromatic carbocycles. The van der Waals surface area contributed by atoms with E-state index in [1.54, 1.807) is 11.3 Å². The first kappa shape index (κ1) is 14.5. The molecule has 4 heteroatoms. The molecule has 1 aliphatic carbocycles. The van der Waals surface area contributed by atoms with E-state index in [2.05, 4.69) is 42.3 Å². The molecule has 3 rings (SSSR count). The number of benzene rings is 1. The summed E-state index contributed by atoms with van der Waals surface area (Å²) in [4.78, 5) is 5.82. The van der Waals surface area contributed by atoms with Crippen molar-refractivity contribution in [3.63, 3.8) is 0 Å². The minimum absolute atomic E-state index is 0.556. The fraction of sp³-hybridized carbons (Fsp3) is 0.471. The molecule has 112 valence electrons. The summed E-state index contributed by atoms with van der Waals surface area (Å²) in [7, 11) is 0. The number of para-hydroxylation sites is 1. The van der Waals surface area contributed by atoms with E-state index < -0.39 is 0 Å². The maximum Gasteiger partial charge on any atom is 0.140 e. The van der Waals surface area contributed by atoms with Crippen molar-refractivity contribution in [2.45, 2.75) is 52.8 Å². The lowest BCUT2D eigenvalue weighted by molar-refractivity contribution is 0.299. The van der Waals surface area contributed by atoms with Gasteiger partial charge in [-0.25, -0.2) is 4.98 Å². The predicted molar refractivity (Wildman–Crippen MR) is 87.0 cm³/mol. The van der Waals surface area contributed by atoms with Crippen LogP contribution in [0.5, 0.6) is 5.75 Å². The van der Waals surface area contributed by atoms with Gasteiger partial charge in [-0.3, -0.25) is 0 Å². The van der Waals surface area contributed by atoms with Gasteiger partial charge < -0.3 is 10.1 Å². The van der Waals surface area contributed by atoms with E-state index in [-0.39, 0.29) is 0 Å². The zero-order valence-electron chi connectivity index (χ0n) is 12.9. The Balaban J connectivity index is 1.70. The van der Waals surface area contributed by atoms with Gasteiger partial charge >= 0.3 is 0 Å². The van der Waals surface area contributed by atoms with E-state index in [0.717, 1.165) is 23.0 Å². The minimum Gasteiger partial charge on any atom is -0.486 e. The van der Waals surface area contributed by atoms with Gasteiger partial charge in [-0.05, 0) is 39.2 Å². The Morgan fingerprint density at radius 1 is 1.29 bits per heavy atom. The summed E-state index contributed by atoms with van der Waals surface area (Å²) in [5, 5.41) is 4.61. The number of nitrogens with one attached hydrogen (secondary N) is 1. The lowest BCUT2D eigenvalue weighted by atomic mass is 10.1. The molecule has 0 unspecified atom stereocenters. The Labute approximate surface area is 130 Å². The molecule has 0 amide bonds. The van der Waals surface area contributed by atoms with Gasteiger partial charge in [0.1, 0.15) is 17.4 Å². The Kier molecular flexibility index (Phi) is 4.27. The van der Waals surface area contributed by atoms with Gasteiger partial charge in [-0.15, -0.1) is 11.3 Å². The lowest BCUT2D eigenvalue weighted by Gasteiger charge is -2.14. The Morgan fingerprint density at radius 3 is 2.76 bits per heavy atom. The second-order valence-electron chi connectivity index (χ2n) is 5.76. The van der Waals surface area contributed by atoms with Crippen molar-refractivity contribution in [3.05, 3.63) is 44.9 Å². The maximum atomic E-state index is 6.08. The molecule has 1 heterocycles. The first-order valence-corrected chi connectivity index (χ1v) is 8.32. The summed E-state index contributed by atoms with van der Waals surface area (Å²) in [5.41, 5.74) is 3.54. The van der Waals surface area contributed by atoms with Crippen LogP contribution in [-0.2, 0) is 13.2 Å². The van der Waals surface area contributed by atoms with Crippen LogP contribution in [-0.4, -0.2) is 11.0 Å². The van der Waals surface area contributed by atoms with Crippen LogP contribution in [0.1, 0.15) is 39.5 Å². The number of aromatic nitrogens is 1. The van der Waals surface area contributed by atoms with E-state index in [1.807, 2.05) is 6.92 Å². The van der Waals surface area contributed by atoms with Gasteiger partial charge in [0.25, 0.3) is 0 Å². The van der Waals surface area contributed by atoms with Crippen molar-refractivity contribution < 1.29 is 4.74 Å². The Hall–Kier alpha value is -1.39. The monoisotopic (exact) mass is 302 g/mol. The van der Waals surface area contributed by atoms with Gasteiger partial charge in [-0.2, -0.15) is 0 Å². The molecule has 3 nitrogen and oxygen atoms in total. The quantitative estimate of drug-likeness (QED) is 0.879. The number of thiazole rings is 1. The fourth-order valence-electron chi connectivity index (χ4n) is 2.34. The van der Waals surface area contributed by atoms with Crippen LogP contribution >= 0.6 is 11.3 Å². The van der Waals surface area contributed by atoms with Gasteiger partial charge in [0, 0.05) is 23.0 Å². The van der Waals surface area contributed by atoms with Crippen LogP contribution in [0.4, 0.5) is 0 Å². The molecule has 1 N–H and O–H groups in total. The zero-order valence-corrected chi connectivity index (χ0v) is 13.7. The smallest absolute Gasteiger partial charge is 0.140 e. The van der Waals surface area contributed by atoms with Crippen LogP contribution in [0.15, 0.2) is 18.2 Å². The summed E-state index contributed by atoms with van der Waals surface area (Å²) in [6, 6.07) is 7.07. The largest absolute Gasteiger partial charge is 0.486 e. The predicted octanol–water partition coefficient (Wildman–Crippen LogP) is 3.90. The highest BCUT2D eigenvalue weighted by atomic mass is 32.1. The number of nitrogens with zero attached hydrogens (tertiary/aromatic N) is 1. The van der Waals surface area contributed by atoms with Gasteiger partial charge in [-0.1, -0.05) is 18.2 Å². The molecule has 0 radical (unpaired) electrons. The third kappa shape index (κ3) is 3.63. The highest BCUT2D eigenvalue weighted by Gasteiger charge is 2.21. The second-order valence-corrected chi connectivity index (χ2v) is 7.04. The van der Waals surface area contributed by atoms with E-state index in [9.17, 15) is 0 Å². The summed E-state index contributed by atoms with van der Waals surface area (Å²) >= 11 is 1.72. The van der Waals surface area contributed by atoms with E-state index in [0.29, 0.717) is 12.6 Å². The molecular weight excluding hydrogens is 280 g/mol. The Morgan fingerprint density at radius 2 is 2.10 bits per heavy atom. The number of ether oxygens (including phenoxy) is 1. The lowest BCUT2D eigenvalue weighted by Crippen LogP contribution is -2.16.